The van der Waals surface area contributed by atoms with Gasteiger partial charge in [0.25, 0.3) is 0 Å². The zero-order valence-electron chi connectivity index (χ0n) is 12.7. The molecule has 2 N–H and O–H groups in total. The summed E-state index contributed by atoms with van der Waals surface area (Å²) in [5.41, 5.74) is 1.45. The van der Waals surface area contributed by atoms with Crippen molar-refractivity contribution in [1.29, 1.82) is 5.26 Å². The molecule has 0 spiro atoms. The smallest absolute Gasteiger partial charge is 0.175 e. The number of rotatable bonds is 4. The largest absolute Gasteiger partial charge is 0.360 e. The number of hydrogen-bond donors (Lipinski definition) is 2. The van der Waals surface area contributed by atoms with Crippen LogP contribution in [0.3, 0.4) is 0 Å². The molecule has 7 heteroatoms. The Morgan fingerprint density at radius 1 is 0.957 bits per heavy atom. The van der Waals surface area contributed by atoms with Crippen molar-refractivity contribution in [3.63, 3.8) is 0 Å². The first-order valence-electron chi connectivity index (χ1n) is 6.95. The molecule has 0 amide bonds. The summed E-state index contributed by atoms with van der Waals surface area (Å²) in [6.45, 7) is 3.63. The number of aryl methyl sites for hydroxylation is 2. The minimum atomic E-state index is 0.588. The first-order chi connectivity index (χ1) is 11.1. The Labute approximate surface area is 133 Å². The van der Waals surface area contributed by atoms with Gasteiger partial charge in [0.05, 0.1) is 11.6 Å². The van der Waals surface area contributed by atoms with E-state index in [1.165, 1.54) is 0 Å². The van der Waals surface area contributed by atoms with Crippen LogP contribution < -0.4 is 10.6 Å². The first kappa shape index (κ1) is 14.5. The summed E-state index contributed by atoms with van der Waals surface area (Å²) in [5.74, 6) is 3.18. The van der Waals surface area contributed by atoms with Crippen LogP contribution in [-0.2, 0) is 0 Å². The van der Waals surface area contributed by atoms with E-state index in [9.17, 15) is 0 Å². The van der Waals surface area contributed by atoms with Crippen LogP contribution in [0.2, 0.25) is 0 Å². The summed E-state index contributed by atoms with van der Waals surface area (Å²) in [5, 5.41) is 18.9. The van der Waals surface area contributed by atoms with Crippen LogP contribution in [0, 0.1) is 25.2 Å². The van der Waals surface area contributed by atoms with E-state index in [1.807, 2.05) is 26.0 Å². The van der Waals surface area contributed by atoms with E-state index < -0.39 is 0 Å². The number of nitrogens with zero attached hydrogens (tertiary/aromatic N) is 4. The molecule has 0 fully saturated rings. The standard InChI is InChI=1S/C16H14N6O/c1-10-7-16(22-23-10)21-15-8-14(18-11(2)19-15)20-13-5-3-12(9-17)4-6-13/h3-8H,1-2H3,(H2,18,19,20,21,22). The van der Waals surface area contributed by atoms with Crippen molar-refractivity contribution in [3.05, 3.63) is 53.5 Å². The zero-order valence-corrected chi connectivity index (χ0v) is 12.7. The van der Waals surface area contributed by atoms with Gasteiger partial charge in [-0.05, 0) is 38.1 Å². The van der Waals surface area contributed by atoms with Crippen LogP contribution in [0.4, 0.5) is 23.1 Å². The predicted octanol–water partition coefficient (Wildman–Crippen LogP) is 3.44. The first-order valence-corrected chi connectivity index (χ1v) is 6.95. The van der Waals surface area contributed by atoms with Gasteiger partial charge in [0.1, 0.15) is 23.2 Å². The van der Waals surface area contributed by atoms with Crippen LogP contribution in [0.25, 0.3) is 0 Å². The van der Waals surface area contributed by atoms with Gasteiger partial charge in [0.15, 0.2) is 5.82 Å². The molecular weight excluding hydrogens is 292 g/mol. The number of nitrogens with one attached hydrogen (secondary N) is 2. The van der Waals surface area contributed by atoms with E-state index in [1.54, 1.807) is 24.3 Å². The molecule has 0 saturated carbocycles. The molecule has 114 valence electrons. The monoisotopic (exact) mass is 306 g/mol. The second kappa shape index (κ2) is 6.15. The molecule has 1 aromatic carbocycles. The van der Waals surface area contributed by atoms with Gasteiger partial charge >= 0.3 is 0 Å². The highest BCUT2D eigenvalue weighted by atomic mass is 16.5. The van der Waals surface area contributed by atoms with E-state index in [4.69, 9.17) is 9.78 Å². The van der Waals surface area contributed by atoms with Gasteiger partial charge in [-0.15, -0.1) is 0 Å². The maximum Gasteiger partial charge on any atom is 0.175 e. The number of benzene rings is 1. The molecule has 0 saturated heterocycles. The summed E-state index contributed by atoms with van der Waals surface area (Å²) in [6, 6.07) is 12.8. The Morgan fingerprint density at radius 3 is 2.26 bits per heavy atom. The van der Waals surface area contributed by atoms with Gasteiger partial charge in [-0.3, -0.25) is 0 Å². The average Bonchev–Trinajstić information content (AvgIpc) is 2.92. The molecule has 3 aromatic rings. The van der Waals surface area contributed by atoms with Crippen LogP contribution in [0.15, 0.2) is 40.9 Å². The summed E-state index contributed by atoms with van der Waals surface area (Å²) in [6.07, 6.45) is 0. The number of aromatic nitrogens is 3. The number of anilines is 4. The molecule has 3 rings (SSSR count). The molecule has 0 radical (unpaired) electrons. The number of nitriles is 1. The number of hydrogen-bond acceptors (Lipinski definition) is 7. The summed E-state index contributed by atoms with van der Waals surface area (Å²) < 4.78 is 5.02. The molecule has 2 heterocycles. The third-order valence-corrected chi connectivity index (χ3v) is 3.01. The Kier molecular flexibility index (Phi) is 3.89. The normalized spacial score (nSPS) is 10.1. The van der Waals surface area contributed by atoms with E-state index in [0.29, 0.717) is 34.6 Å². The molecule has 23 heavy (non-hydrogen) atoms. The van der Waals surface area contributed by atoms with E-state index >= 15 is 0 Å². The quantitative estimate of drug-likeness (QED) is 0.761. The lowest BCUT2D eigenvalue weighted by Gasteiger charge is -2.09. The van der Waals surface area contributed by atoms with Crippen molar-refractivity contribution < 1.29 is 4.52 Å². The van der Waals surface area contributed by atoms with Crippen molar-refractivity contribution in [3.8, 4) is 6.07 Å². The lowest BCUT2D eigenvalue weighted by atomic mass is 10.2. The Hall–Kier alpha value is -3.40. The molecule has 2 aromatic heterocycles. The van der Waals surface area contributed by atoms with Crippen LogP contribution in [0.1, 0.15) is 17.1 Å². The molecule has 0 aliphatic heterocycles. The van der Waals surface area contributed by atoms with Gasteiger partial charge in [0.2, 0.25) is 0 Å². The fraction of sp³-hybridized carbons (Fsp3) is 0.125. The average molecular weight is 306 g/mol. The van der Waals surface area contributed by atoms with Crippen molar-refractivity contribution in [2.75, 3.05) is 10.6 Å². The summed E-state index contributed by atoms with van der Waals surface area (Å²) in [4.78, 5) is 8.67. The van der Waals surface area contributed by atoms with Crippen molar-refractivity contribution >= 4 is 23.1 Å². The lowest BCUT2D eigenvalue weighted by molar-refractivity contribution is 0.400. The molecule has 0 aliphatic rings. The van der Waals surface area contributed by atoms with Gasteiger partial charge in [-0.2, -0.15) is 5.26 Å². The van der Waals surface area contributed by atoms with Gasteiger partial charge in [-0.1, -0.05) is 5.16 Å². The minimum absolute atomic E-state index is 0.588. The SMILES string of the molecule is Cc1nc(Nc2ccc(C#N)cc2)cc(Nc2cc(C)on2)n1. The van der Waals surface area contributed by atoms with Gasteiger partial charge in [-0.25, -0.2) is 9.97 Å². The minimum Gasteiger partial charge on any atom is -0.360 e. The molecule has 0 bridgehead atoms. The van der Waals surface area contributed by atoms with Crippen LogP contribution in [0.5, 0.6) is 0 Å². The highest BCUT2D eigenvalue weighted by Gasteiger charge is 2.06. The summed E-state index contributed by atoms with van der Waals surface area (Å²) in [7, 11) is 0. The molecule has 0 atom stereocenters. The van der Waals surface area contributed by atoms with Gasteiger partial charge in [0, 0.05) is 17.8 Å². The highest BCUT2D eigenvalue weighted by Crippen LogP contribution is 2.20. The van der Waals surface area contributed by atoms with Crippen molar-refractivity contribution in [2.24, 2.45) is 0 Å². The highest BCUT2D eigenvalue weighted by molar-refractivity contribution is 5.62. The zero-order chi connectivity index (χ0) is 16.2. The molecule has 0 unspecified atom stereocenters. The molecule has 0 aliphatic carbocycles. The van der Waals surface area contributed by atoms with E-state index in [2.05, 4.69) is 31.8 Å². The van der Waals surface area contributed by atoms with E-state index in [-0.39, 0.29) is 0 Å². The topological polar surface area (TPSA) is 99.7 Å². The van der Waals surface area contributed by atoms with Crippen molar-refractivity contribution in [1.82, 2.24) is 15.1 Å². The molecular formula is C16H14N6O. The fourth-order valence-corrected chi connectivity index (χ4v) is 2.03. The summed E-state index contributed by atoms with van der Waals surface area (Å²) >= 11 is 0. The second-order valence-corrected chi connectivity index (χ2v) is 4.95. The lowest BCUT2D eigenvalue weighted by Crippen LogP contribution is -2.01. The maximum atomic E-state index is 8.82. The predicted molar refractivity (Wildman–Crippen MR) is 85.7 cm³/mol. The second-order valence-electron chi connectivity index (χ2n) is 4.95. The van der Waals surface area contributed by atoms with Crippen LogP contribution >= 0.6 is 0 Å². The fourth-order valence-electron chi connectivity index (χ4n) is 2.03. The maximum absolute atomic E-state index is 8.82. The van der Waals surface area contributed by atoms with E-state index in [0.717, 1.165) is 5.69 Å². The Bertz CT molecular complexity index is 863. The molecule has 7 nitrogen and oxygen atoms in total. The third kappa shape index (κ3) is 3.63. The van der Waals surface area contributed by atoms with Gasteiger partial charge < -0.3 is 15.2 Å². The third-order valence-electron chi connectivity index (χ3n) is 3.01. The van der Waals surface area contributed by atoms with Crippen LogP contribution in [-0.4, -0.2) is 15.1 Å². The van der Waals surface area contributed by atoms with Crippen molar-refractivity contribution in [2.45, 2.75) is 13.8 Å². The Balaban J connectivity index is 1.80. The Morgan fingerprint density at radius 2 is 1.65 bits per heavy atom.